The van der Waals surface area contributed by atoms with Gasteiger partial charge in [0.25, 0.3) is 5.69 Å². The normalized spacial score (nSPS) is 11.3. The van der Waals surface area contributed by atoms with E-state index >= 15 is 0 Å². The van der Waals surface area contributed by atoms with Gasteiger partial charge < -0.3 is 5.32 Å². The van der Waals surface area contributed by atoms with Crippen LogP contribution in [0.3, 0.4) is 0 Å². The highest BCUT2D eigenvalue weighted by Gasteiger charge is 2.29. The van der Waals surface area contributed by atoms with Crippen LogP contribution in [0.5, 0.6) is 0 Å². The van der Waals surface area contributed by atoms with Crippen LogP contribution in [0.15, 0.2) is 77.7 Å². The second kappa shape index (κ2) is 10.1. The average molecular weight is 494 g/mol. The van der Waals surface area contributed by atoms with E-state index in [1.165, 1.54) is 42.5 Å². The van der Waals surface area contributed by atoms with Crippen molar-refractivity contribution >= 4 is 50.5 Å². The summed E-state index contributed by atoms with van der Waals surface area (Å²) in [7, 11) is -4.21. The Labute approximate surface area is 194 Å². The number of carbonyl (C=O) groups excluding carboxylic acids is 1. The summed E-state index contributed by atoms with van der Waals surface area (Å²) in [5.74, 6) is -0.678. The molecule has 166 valence electrons. The number of amides is 1. The van der Waals surface area contributed by atoms with E-state index in [0.717, 1.165) is 4.31 Å². The van der Waals surface area contributed by atoms with Gasteiger partial charge >= 0.3 is 0 Å². The highest BCUT2D eigenvalue weighted by molar-refractivity contribution is 7.89. The zero-order chi connectivity index (χ0) is 23.3. The Hall–Kier alpha value is -2.98. The van der Waals surface area contributed by atoms with E-state index < -0.39 is 27.4 Å². The van der Waals surface area contributed by atoms with Crippen molar-refractivity contribution in [1.82, 2.24) is 4.31 Å². The summed E-state index contributed by atoms with van der Waals surface area (Å²) in [4.78, 5) is 22.8. The Morgan fingerprint density at radius 2 is 1.72 bits per heavy atom. The van der Waals surface area contributed by atoms with E-state index in [9.17, 15) is 23.3 Å². The number of nitro groups is 1. The zero-order valence-corrected chi connectivity index (χ0v) is 18.8. The van der Waals surface area contributed by atoms with Gasteiger partial charge in [0.2, 0.25) is 15.9 Å². The summed E-state index contributed by atoms with van der Waals surface area (Å²) < 4.78 is 27.7. The van der Waals surface area contributed by atoms with Gasteiger partial charge in [-0.2, -0.15) is 4.31 Å². The monoisotopic (exact) mass is 493 g/mol. The minimum absolute atomic E-state index is 0.0356. The molecule has 0 bridgehead atoms. The number of nitrogens with one attached hydrogen (secondary N) is 1. The Balaban J connectivity index is 1.91. The van der Waals surface area contributed by atoms with E-state index in [1.54, 1.807) is 30.3 Å². The lowest BCUT2D eigenvalue weighted by Crippen LogP contribution is -2.37. The number of nitrogens with zero attached hydrogens (tertiary/aromatic N) is 2. The number of benzene rings is 3. The third-order valence-electron chi connectivity index (χ3n) is 4.37. The minimum Gasteiger partial charge on any atom is -0.325 e. The molecule has 0 aromatic heterocycles. The summed E-state index contributed by atoms with van der Waals surface area (Å²) in [6.45, 7) is -0.656. The Kier molecular flexibility index (Phi) is 7.47. The van der Waals surface area contributed by atoms with Crippen molar-refractivity contribution in [3.8, 4) is 0 Å². The number of non-ortho nitro benzene ring substituents is 1. The predicted octanol–water partition coefficient (Wildman–Crippen LogP) is 4.73. The first-order valence-corrected chi connectivity index (χ1v) is 11.4. The smallest absolute Gasteiger partial charge is 0.271 e. The molecule has 0 aliphatic rings. The topological polar surface area (TPSA) is 110 Å². The third-order valence-corrected chi connectivity index (χ3v) is 6.88. The third kappa shape index (κ3) is 5.83. The van der Waals surface area contributed by atoms with E-state index in [2.05, 4.69) is 5.32 Å². The minimum atomic E-state index is -4.21. The van der Waals surface area contributed by atoms with Crippen LogP contribution in [0.25, 0.3) is 0 Å². The SMILES string of the molecule is O=C(CN(Cc1ccccc1)S(=O)(=O)c1cc(Cl)ccc1Cl)Nc1cccc([N+](=O)[O-])c1. The van der Waals surface area contributed by atoms with Crippen LogP contribution in [-0.2, 0) is 21.4 Å². The molecule has 32 heavy (non-hydrogen) atoms. The van der Waals surface area contributed by atoms with Gasteiger partial charge in [0.15, 0.2) is 0 Å². The van der Waals surface area contributed by atoms with Crippen LogP contribution in [-0.4, -0.2) is 30.1 Å². The first-order chi connectivity index (χ1) is 15.2. The second-order valence-corrected chi connectivity index (χ2v) is 9.44. The quantitative estimate of drug-likeness (QED) is 0.360. The fraction of sp³-hybridized carbons (Fsp3) is 0.0952. The summed E-state index contributed by atoms with van der Waals surface area (Å²) >= 11 is 12.1. The molecule has 0 radical (unpaired) electrons. The van der Waals surface area contributed by atoms with Gasteiger partial charge in [-0.25, -0.2) is 8.42 Å². The van der Waals surface area contributed by atoms with Crippen molar-refractivity contribution in [3.63, 3.8) is 0 Å². The highest BCUT2D eigenvalue weighted by atomic mass is 35.5. The summed E-state index contributed by atoms with van der Waals surface area (Å²) in [6, 6.07) is 18.1. The van der Waals surface area contributed by atoms with Crippen molar-refractivity contribution in [2.45, 2.75) is 11.4 Å². The molecule has 1 N–H and O–H groups in total. The largest absolute Gasteiger partial charge is 0.325 e. The molecule has 0 saturated heterocycles. The van der Waals surface area contributed by atoms with Crippen molar-refractivity contribution in [3.05, 3.63) is 98.5 Å². The first kappa shape index (κ1) is 23.7. The van der Waals surface area contributed by atoms with Gasteiger partial charge in [-0.05, 0) is 29.8 Å². The molecular formula is C21H17Cl2N3O5S. The van der Waals surface area contributed by atoms with Gasteiger partial charge in [0.1, 0.15) is 4.90 Å². The van der Waals surface area contributed by atoms with Crippen LogP contribution in [0.2, 0.25) is 10.0 Å². The fourth-order valence-corrected chi connectivity index (χ4v) is 5.01. The van der Waals surface area contributed by atoms with Crippen LogP contribution in [0.4, 0.5) is 11.4 Å². The first-order valence-electron chi connectivity index (χ1n) is 9.20. The second-order valence-electron chi connectivity index (χ2n) is 6.69. The number of sulfonamides is 1. The molecule has 0 aliphatic carbocycles. The Morgan fingerprint density at radius 1 is 1.00 bits per heavy atom. The lowest BCUT2D eigenvalue weighted by molar-refractivity contribution is -0.384. The van der Waals surface area contributed by atoms with E-state index in [4.69, 9.17) is 23.2 Å². The van der Waals surface area contributed by atoms with E-state index in [0.29, 0.717) is 5.56 Å². The van der Waals surface area contributed by atoms with Gasteiger partial charge in [0.05, 0.1) is 16.5 Å². The van der Waals surface area contributed by atoms with Crippen LogP contribution in [0.1, 0.15) is 5.56 Å². The number of halogens is 2. The highest BCUT2D eigenvalue weighted by Crippen LogP contribution is 2.28. The molecule has 3 aromatic rings. The standard InChI is InChI=1S/C21H17Cl2N3O5S/c22-16-9-10-19(23)20(11-16)32(30,31)25(13-15-5-2-1-3-6-15)14-21(27)24-17-7-4-8-18(12-17)26(28)29/h1-12H,13-14H2,(H,24,27). The summed E-state index contributed by atoms with van der Waals surface area (Å²) in [6.07, 6.45) is 0. The molecule has 0 aliphatic heterocycles. The molecule has 0 fully saturated rings. The summed E-state index contributed by atoms with van der Waals surface area (Å²) in [5, 5.41) is 13.6. The van der Waals surface area contributed by atoms with Gasteiger partial charge in [-0.15, -0.1) is 0 Å². The molecule has 0 unspecified atom stereocenters. The predicted molar refractivity (Wildman–Crippen MR) is 122 cm³/mol. The van der Waals surface area contributed by atoms with Crippen LogP contribution < -0.4 is 5.32 Å². The molecule has 11 heteroatoms. The molecule has 8 nitrogen and oxygen atoms in total. The number of carbonyl (C=O) groups is 1. The molecule has 0 heterocycles. The lowest BCUT2D eigenvalue weighted by atomic mass is 10.2. The zero-order valence-electron chi connectivity index (χ0n) is 16.4. The van der Waals surface area contributed by atoms with Crippen LogP contribution >= 0.6 is 23.2 Å². The molecule has 3 rings (SSSR count). The van der Waals surface area contributed by atoms with Crippen LogP contribution in [0, 0.1) is 10.1 Å². The molecule has 1 amide bonds. The maximum Gasteiger partial charge on any atom is 0.271 e. The fourth-order valence-electron chi connectivity index (χ4n) is 2.88. The molecule has 3 aromatic carbocycles. The van der Waals surface area contributed by atoms with Gasteiger partial charge in [0, 0.05) is 29.4 Å². The Bertz CT molecular complexity index is 1250. The maximum atomic E-state index is 13.4. The Morgan fingerprint density at radius 3 is 2.41 bits per heavy atom. The average Bonchev–Trinajstić information content (AvgIpc) is 2.75. The van der Waals surface area contributed by atoms with Gasteiger partial charge in [-0.1, -0.05) is 59.6 Å². The molecule has 0 saturated carbocycles. The lowest BCUT2D eigenvalue weighted by Gasteiger charge is -2.22. The molecule has 0 atom stereocenters. The maximum absolute atomic E-state index is 13.4. The number of hydrogen-bond acceptors (Lipinski definition) is 5. The van der Waals surface area contributed by atoms with Crippen molar-refractivity contribution in [1.29, 1.82) is 0 Å². The molecule has 0 spiro atoms. The van der Waals surface area contributed by atoms with Gasteiger partial charge in [-0.3, -0.25) is 14.9 Å². The number of hydrogen-bond donors (Lipinski definition) is 1. The molecular weight excluding hydrogens is 477 g/mol. The number of nitro benzene ring substituents is 1. The van der Waals surface area contributed by atoms with Crippen molar-refractivity contribution < 1.29 is 18.1 Å². The van der Waals surface area contributed by atoms with Crippen molar-refractivity contribution in [2.75, 3.05) is 11.9 Å². The van der Waals surface area contributed by atoms with E-state index in [1.807, 2.05) is 0 Å². The number of anilines is 1. The number of rotatable bonds is 8. The summed E-state index contributed by atoms with van der Waals surface area (Å²) in [5.41, 5.74) is 0.613. The van der Waals surface area contributed by atoms with E-state index in [-0.39, 0.29) is 32.9 Å². The van der Waals surface area contributed by atoms with Crippen molar-refractivity contribution in [2.24, 2.45) is 0 Å².